The highest BCUT2D eigenvalue weighted by Gasteiger charge is 2.27. The Morgan fingerprint density at radius 3 is 2.04 bits per heavy atom. The molecule has 132 valence electrons. The number of rotatable bonds is 3. The zero-order valence-corrected chi connectivity index (χ0v) is 14.9. The zero-order valence-electron chi connectivity index (χ0n) is 14.9. The first kappa shape index (κ1) is 18.1. The Balaban J connectivity index is 1.82. The maximum atomic E-state index is 12.4. The second-order valence-electron chi connectivity index (χ2n) is 6.87. The van der Waals surface area contributed by atoms with E-state index in [9.17, 15) is 9.59 Å². The molecular formula is C18H26N2O4. The lowest BCUT2D eigenvalue weighted by Crippen LogP contribution is -2.51. The first-order valence-corrected chi connectivity index (χ1v) is 8.17. The van der Waals surface area contributed by atoms with Gasteiger partial charge in [0.05, 0.1) is 13.5 Å². The third kappa shape index (κ3) is 5.15. The summed E-state index contributed by atoms with van der Waals surface area (Å²) in [5.41, 5.74) is 0.452. The molecule has 0 aliphatic carbocycles. The van der Waals surface area contributed by atoms with E-state index in [1.807, 2.05) is 45.0 Å². The van der Waals surface area contributed by atoms with Crippen molar-refractivity contribution in [1.82, 2.24) is 9.80 Å². The standard InChI is InChI=1S/C18H26N2O4/c1-18(2,3)24-17(22)20-11-9-19(10-12-20)16(21)13-14-5-7-15(23-4)8-6-14/h5-8H,9-13H2,1-4H3. The van der Waals surface area contributed by atoms with Crippen LogP contribution in [0.2, 0.25) is 0 Å². The van der Waals surface area contributed by atoms with E-state index in [1.165, 1.54) is 0 Å². The Bertz CT molecular complexity index is 570. The van der Waals surface area contributed by atoms with Gasteiger partial charge in [-0.2, -0.15) is 0 Å². The largest absolute Gasteiger partial charge is 0.497 e. The van der Waals surface area contributed by atoms with Crippen molar-refractivity contribution in [3.05, 3.63) is 29.8 Å². The average molecular weight is 334 g/mol. The van der Waals surface area contributed by atoms with Gasteiger partial charge in [0.1, 0.15) is 11.4 Å². The van der Waals surface area contributed by atoms with E-state index in [0.717, 1.165) is 11.3 Å². The monoisotopic (exact) mass is 334 g/mol. The van der Waals surface area contributed by atoms with Crippen LogP contribution in [0.25, 0.3) is 0 Å². The summed E-state index contributed by atoms with van der Waals surface area (Å²) in [6.07, 6.45) is 0.0425. The van der Waals surface area contributed by atoms with Crippen molar-refractivity contribution >= 4 is 12.0 Å². The Hall–Kier alpha value is -2.24. The quantitative estimate of drug-likeness (QED) is 0.851. The minimum absolute atomic E-state index is 0.0732. The second kappa shape index (κ2) is 7.55. The van der Waals surface area contributed by atoms with Gasteiger partial charge < -0.3 is 19.3 Å². The molecule has 2 amide bonds. The van der Waals surface area contributed by atoms with Gasteiger partial charge in [-0.25, -0.2) is 4.79 Å². The molecule has 0 saturated carbocycles. The molecule has 1 aromatic rings. The van der Waals surface area contributed by atoms with Crippen molar-refractivity contribution in [3.8, 4) is 5.75 Å². The van der Waals surface area contributed by atoms with Crippen LogP contribution in [0.5, 0.6) is 5.75 Å². The van der Waals surface area contributed by atoms with E-state index < -0.39 is 5.60 Å². The van der Waals surface area contributed by atoms with Gasteiger partial charge >= 0.3 is 6.09 Å². The van der Waals surface area contributed by atoms with Crippen molar-refractivity contribution in [1.29, 1.82) is 0 Å². The topological polar surface area (TPSA) is 59.1 Å². The second-order valence-corrected chi connectivity index (χ2v) is 6.87. The number of ether oxygens (including phenoxy) is 2. The molecule has 0 bridgehead atoms. The van der Waals surface area contributed by atoms with E-state index in [4.69, 9.17) is 9.47 Å². The fourth-order valence-corrected chi connectivity index (χ4v) is 2.49. The summed E-state index contributed by atoms with van der Waals surface area (Å²) in [6, 6.07) is 7.49. The molecule has 0 atom stereocenters. The zero-order chi connectivity index (χ0) is 17.7. The lowest BCUT2D eigenvalue weighted by atomic mass is 10.1. The number of carbonyl (C=O) groups is 2. The van der Waals surface area contributed by atoms with Crippen molar-refractivity contribution in [2.75, 3.05) is 33.3 Å². The molecule has 0 aromatic heterocycles. The van der Waals surface area contributed by atoms with Crippen LogP contribution < -0.4 is 4.74 Å². The minimum atomic E-state index is -0.502. The minimum Gasteiger partial charge on any atom is -0.497 e. The SMILES string of the molecule is COc1ccc(CC(=O)N2CCN(C(=O)OC(C)(C)C)CC2)cc1. The molecule has 6 heteroatoms. The molecule has 0 spiro atoms. The van der Waals surface area contributed by atoms with Crippen LogP contribution in [-0.2, 0) is 16.0 Å². The number of piperazine rings is 1. The van der Waals surface area contributed by atoms with Crippen LogP contribution in [0.15, 0.2) is 24.3 Å². The Morgan fingerprint density at radius 2 is 1.54 bits per heavy atom. The first-order valence-electron chi connectivity index (χ1n) is 8.17. The number of amides is 2. The number of nitrogens with zero attached hydrogens (tertiary/aromatic N) is 2. The molecule has 0 N–H and O–H groups in total. The van der Waals surface area contributed by atoms with E-state index in [1.54, 1.807) is 16.9 Å². The van der Waals surface area contributed by atoms with Crippen LogP contribution in [0.1, 0.15) is 26.3 Å². The number of benzene rings is 1. The molecule has 1 heterocycles. The molecule has 1 aromatic carbocycles. The predicted molar refractivity (Wildman–Crippen MR) is 91.1 cm³/mol. The van der Waals surface area contributed by atoms with Crippen LogP contribution in [0.3, 0.4) is 0 Å². The Morgan fingerprint density at radius 1 is 1.00 bits per heavy atom. The molecule has 0 unspecified atom stereocenters. The summed E-state index contributed by atoms with van der Waals surface area (Å²) >= 11 is 0. The van der Waals surface area contributed by atoms with E-state index in [2.05, 4.69) is 0 Å². The number of carbonyl (C=O) groups excluding carboxylic acids is 2. The smallest absolute Gasteiger partial charge is 0.410 e. The van der Waals surface area contributed by atoms with E-state index in [-0.39, 0.29) is 12.0 Å². The fraction of sp³-hybridized carbons (Fsp3) is 0.556. The normalized spacial score (nSPS) is 15.2. The van der Waals surface area contributed by atoms with Crippen LogP contribution in [0.4, 0.5) is 4.79 Å². The summed E-state index contributed by atoms with van der Waals surface area (Å²) in [6.45, 7) is 7.62. The van der Waals surface area contributed by atoms with E-state index in [0.29, 0.717) is 32.6 Å². The number of hydrogen-bond acceptors (Lipinski definition) is 4. The molecule has 1 aliphatic rings. The third-order valence-corrected chi connectivity index (χ3v) is 3.80. The first-order chi connectivity index (χ1) is 11.3. The molecule has 0 radical (unpaired) electrons. The van der Waals surface area contributed by atoms with Gasteiger partial charge in [-0.15, -0.1) is 0 Å². The summed E-state index contributed by atoms with van der Waals surface area (Å²) in [4.78, 5) is 27.9. The van der Waals surface area contributed by atoms with E-state index >= 15 is 0 Å². The highest BCUT2D eigenvalue weighted by atomic mass is 16.6. The molecule has 1 saturated heterocycles. The number of hydrogen-bond donors (Lipinski definition) is 0. The summed E-state index contributed by atoms with van der Waals surface area (Å²) < 4.78 is 10.5. The van der Waals surface area contributed by atoms with Crippen LogP contribution in [-0.4, -0.2) is 60.7 Å². The van der Waals surface area contributed by atoms with Gasteiger partial charge in [0.2, 0.25) is 5.91 Å². The fourth-order valence-electron chi connectivity index (χ4n) is 2.49. The van der Waals surface area contributed by atoms with Gasteiger partial charge in [-0.1, -0.05) is 12.1 Å². The summed E-state index contributed by atoms with van der Waals surface area (Å²) in [5.74, 6) is 0.848. The van der Waals surface area contributed by atoms with Gasteiger partial charge in [0, 0.05) is 26.2 Å². The molecular weight excluding hydrogens is 308 g/mol. The highest BCUT2D eigenvalue weighted by Crippen LogP contribution is 2.14. The molecule has 2 rings (SSSR count). The van der Waals surface area contributed by atoms with Crippen LogP contribution >= 0.6 is 0 Å². The summed E-state index contributed by atoms with van der Waals surface area (Å²) in [5, 5.41) is 0. The van der Waals surface area contributed by atoms with Crippen LogP contribution in [0, 0.1) is 0 Å². The van der Waals surface area contributed by atoms with Crippen molar-refractivity contribution in [2.24, 2.45) is 0 Å². The van der Waals surface area contributed by atoms with Gasteiger partial charge in [-0.3, -0.25) is 4.79 Å². The summed E-state index contributed by atoms with van der Waals surface area (Å²) in [7, 11) is 1.62. The third-order valence-electron chi connectivity index (χ3n) is 3.80. The molecule has 24 heavy (non-hydrogen) atoms. The molecule has 6 nitrogen and oxygen atoms in total. The van der Waals surface area contributed by atoms with Crippen molar-refractivity contribution < 1.29 is 19.1 Å². The highest BCUT2D eigenvalue weighted by molar-refractivity contribution is 5.79. The Labute approximate surface area is 143 Å². The van der Waals surface area contributed by atoms with Crippen molar-refractivity contribution in [2.45, 2.75) is 32.8 Å². The average Bonchev–Trinajstić information content (AvgIpc) is 2.54. The lowest BCUT2D eigenvalue weighted by Gasteiger charge is -2.35. The predicted octanol–water partition coefficient (Wildman–Crippen LogP) is 2.32. The van der Waals surface area contributed by atoms with Gasteiger partial charge in [0.15, 0.2) is 0 Å². The number of methoxy groups -OCH3 is 1. The van der Waals surface area contributed by atoms with Crippen molar-refractivity contribution in [3.63, 3.8) is 0 Å². The van der Waals surface area contributed by atoms with Gasteiger partial charge in [-0.05, 0) is 38.5 Å². The maximum absolute atomic E-state index is 12.4. The Kier molecular flexibility index (Phi) is 5.70. The maximum Gasteiger partial charge on any atom is 0.410 e. The molecule has 1 aliphatic heterocycles. The van der Waals surface area contributed by atoms with Gasteiger partial charge in [0.25, 0.3) is 0 Å². The molecule has 1 fully saturated rings. The lowest BCUT2D eigenvalue weighted by molar-refractivity contribution is -0.132.